The van der Waals surface area contributed by atoms with Crippen molar-refractivity contribution >= 4 is 37.3 Å². The van der Waals surface area contributed by atoms with Crippen LogP contribution in [0.15, 0.2) is 20.1 Å². The van der Waals surface area contributed by atoms with Crippen LogP contribution in [0.5, 0.6) is 0 Å². The van der Waals surface area contributed by atoms with Crippen LogP contribution in [0.4, 0.5) is 0 Å². The van der Waals surface area contributed by atoms with Gasteiger partial charge in [0.05, 0.1) is 0 Å². The molecule has 1 unspecified atom stereocenters. The summed E-state index contributed by atoms with van der Waals surface area (Å²) < 4.78 is 28.2. The van der Waals surface area contributed by atoms with Crippen LogP contribution in [-0.4, -0.2) is 49.8 Å². The molecule has 19 heavy (non-hydrogen) atoms. The standard InChI is InChI=1S/C12H17BrN2O2S2/c13-11-4-8-18-12(11)19(16,17)15-7-2-6-14-5-1-3-10(14)9-15/h4,8,10H,1-3,5-7,9H2. The second-order valence-corrected chi connectivity index (χ2v) is 9.01. The zero-order valence-corrected chi connectivity index (χ0v) is 13.8. The first-order valence-electron chi connectivity index (χ1n) is 6.56. The number of halogens is 1. The Balaban J connectivity index is 1.87. The molecular formula is C12H17BrN2O2S2. The molecule has 0 aromatic carbocycles. The molecule has 2 fully saturated rings. The smallest absolute Gasteiger partial charge is 0.253 e. The van der Waals surface area contributed by atoms with Crippen molar-refractivity contribution in [3.8, 4) is 0 Å². The molecule has 2 aliphatic heterocycles. The van der Waals surface area contributed by atoms with Crippen molar-refractivity contribution in [2.45, 2.75) is 29.5 Å². The molecule has 4 nitrogen and oxygen atoms in total. The van der Waals surface area contributed by atoms with E-state index in [-0.39, 0.29) is 0 Å². The topological polar surface area (TPSA) is 40.6 Å². The first kappa shape index (κ1) is 14.0. The summed E-state index contributed by atoms with van der Waals surface area (Å²) in [6.45, 7) is 3.44. The van der Waals surface area contributed by atoms with Gasteiger partial charge in [-0.3, -0.25) is 4.90 Å². The van der Waals surface area contributed by atoms with E-state index in [0.29, 0.717) is 27.8 Å². The first-order chi connectivity index (χ1) is 9.09. The van der Waals surface area contributed by atoms with E-state index in [9.17, 15) is 8.42 Å². The number of fused-ring (bicyclic) bond motifs is 1. The third-order valence-corrected chi connectivity index (χ3v) is 8.44. The summed E-state index contributed by atoms with van der Waals surface area (Å²) in [5, 5.41) is 1.82. The van der Waals surface area contributed by atoms with Gasteiger partial charge in [0, 0.05) is 23.6 Å². The second-order valence-electron chi connectivity index (χ2n) is 5.10. The van der Waals surface area contributed by atoms with Gasteiger partial charge in [-0.25, -0.2) is 8.42 Å². The molecule has 3 rings (SSSR count). The lowest BCUT2D eigenvalue weighted by Crippen LogP contribution is -2.39. The van der Waals surface area contributed by atoms with Gasteiger partial charge >= 0.3 is 0 Å². The van der Waals surface area contributed by atoms with Crippen LogP contribution in [0.1, 0.15) is 19.3 Å². The van der Waals surface area contributed by atoms with Gasteiger partial charge in [-0.15, -0.1) is 11.3 Å². The van der Waals surface area contributed by atoms with Crippen LogP contribution < -0.4 is 0 Å². The largest absolute Gasteiger partial charge is 0.299 e. The fourth-order valence-corrected chi connectivity index (χ4v) is 6.94. The molecule has 0 aliphatic carbocycles. The average Bonchev–Trinajstić information content (AvgIpc) is 2.94. The summed E-state index contributed by atoms with van der Waals surface area (Å²) in [5.41, 5.74) is 0. The molecule has 1 atom stereocenters. The number of sulfonamides is 1. The van der Waals surface area contributed by atoms with Crippen LogP contribution in [0.2, 0.25) is 0 Å². The van der Waals surface area contributed by atoms with Crippen molar-refractivity contribution in [2.24, 2.45) is 0 Å². The Bertz CT molecular complexity index is 558. The third-order valence-electron chi connectivity index (χ3n) is 3.92. The maximum absolute atomic E-state index is 12.7. The Labute approximate surface area is 126 Å². The summed E-state index contributed by atoms with van der Waals surface area (Å²) >= 11 is 4.63. The Kier molecular flexibility index (Phi) is 4.01. The fourth-order valence-electron chi connectivity index (χ4n) is 2.97. The van der Waals surface area contributed by atoms with E-state index in [0.717, 1.165) is 25.9 Å². The monoisotopic (exact) mass is 364 g/mol. The van der Waals surface area contributed by atoms with Crippen molar-refractivity contribution in [3.63, 3.8) is 0 Å². The number of hydrogen-bond acceptors (Lipinski definition) is 4. The minimum Gasteiger partial charge on any atom is -0.299 e. The van der Waals surface area contributed by atoms with Gasteiger partial charge in [-0.1, -0.05) is 0 Å². The average molecular weight is 365 g/mol. The van der Waals surface area contributed by atoms with Gasteiger partial charge in [0.15, 0.2) is 0 Å². The zero-order valence-electron chi connectivity index (χ0n) is 10.6. The predicted molar refractivity (Wildman–Crippen MR) is 80.0 cm³/mol. The highest BCUT2D eigenvalue weighted by molar-refractivity contribution is 9.10. The quantitative estimate of drug-likeness (QED) is 0.808. The van der Waals surface area contributed by atoms with Gasteiger partial charge in [-0.05, 0) is 59.7 Å². The van der Waals surface area contributed by atoms with E-state index in [4.69, 9.17) is 0 Å². The Morgan fingerprint density at radius 1 is 1.26 bits per heavy atom. The van der Waals surface area contributed by atoms with Crippen LogP contribution in [0.25, 0.3) is 0 Å². The first-order valence-corrected chi connectivity index (χ1v) is 9.67. The zero-order chi connectivity index (χ0) is 13.5. The summed E-state index contributed by atoms with van der Waals surface area (Å²) in [7, 11) is -3.33. The van der Waals surface area contributed by atoms with Gasteiger partial charge in [0.2, 0.25) is 0 Å². The second kappa shape index (κ2) is 5.44. The van der Waals surface area contributed by atoms with E-state index < -0.39 is 10.0 Å². The minimum absolute atomic E-state index is 0.413. The number of hydrogen-bond donors (Lipinski definition) is 0. The molecule has 0 spiro atoms. The Hall–Kier alpha value is 0.0500. The highest BCUT2D eigenvalue weighted by Crippen LogP contribution is 2.32. The van der Waals surface area contributed by atoms with E-state index in [1.54, 1.807) is 10.4 Å². The maximum Gasteiger partial charge on any atom is 0.253 e. The van der Waals surface area contributed by atoms with E-state index in [1.165, 1.54) is 17.8 Å². The molecule has 1 aromatic heterocycles. The minimum atomic E-state index is -3.33. The molecule has 7 heteroatoms. The molecule has 0 radical (unpaired) electrons. The van der Waals surface area contributed by atoms with Crippen molar-refractivity contribution in [1.29, 1.82) is 0 Å². The van der Waals surface area contributed by atoms with Gasteiger partial charge < -0.3 is 0 Å². The third kappa shape index (κ3) is 2.63. The van der Waals surface area contributed by atoms with Crippen LogP contribution >= 0.6 is 27.3 Å². The Morgan fingerprint density at radius 3 is 2.79 bits per heavy atom. The fraction of sp³-hybridized carbons (Fsp3) is 0.667. The molecule has 106 valence electrons. The summed E-state index contributed by atoms with van der Waals surface area (Å²) in [4.78, 5) is 2.44. The van der Waals surface area contributed by atoms with Crippen molar-refractivity contribution in [1.82, 2.24) is 9.21 Å². The van der Waals surface area contributed by atoms with Gasteiger partial charge in [-0.2, -0.15) is 4.31 Å². The Morgan fingerprint density at radius 2 is 2.05 bits per heavy atom. The van der Waals surface area contributed by atoms with Crippen LogP contribution in [0, 0.1) is 0 Å². The van der Waals surface area contributed by atoms with Crippen molar-refractivity contribution in [3.05, 3.63) is 15.9 Å². The summed E-state index contributed by atoms with van der Waals surface area (Å²) in [6.07, 6.45) is 3.25. The van der Waals surface area contributed by atoms with E-state index in [1.807, 2.05) is 5.38 Å². The molecule has 0 N–H and O–H groups in total. The van der Waals surface area contributed by atoms with Crippen molar-refractivity contribution < 1.29 is 8.42 Å². The van der Waals surface area contributed by atoms with Crippen LogP contribution in [0.3, 0.4) is 0 Å². The highest BCUT2D eigenvalue weighted by atomic mass is 79.9. The molecule has 2 aliphatic rings. The molecular weight excluding hydrogens is 348 g/mol. The molecule has 2 saturated heterocycles. The maximum atomic E-state index is 12.7. The number of nitrogens with zero attached hydrogens (tertiary/aromatic N) is 2. The molecule has 0 amide bonds. The van der Waals surface area contributed by atoms with E-state index in [2.05, 4.69) is 20.8 Å². The normalized spacial score (nSPS) is 26.3. The van der Waals surface area contributed by atoms with Crippen LogP contribution in [-0.2, 0) is 10.0 Å². The number of thiophene rings is 1. The molecule has 0 bridgehead atoms. The lowest BCUT2D eigenvalue weighted by molar-refractivity contribution is 0.257. The SMILES string of the molecule is O=S(=O)(c1sccc1Br)N1CCCN2CCCC2C1. The molecule has 1 aromatic rings. The predicted octanol–water partition coefficient (Wildman–Crippen LogP) is 2.37. The lowest BCUT2D eigenvalue weighted by atomic mass is 10.2. The molecule has 0 saturated carbocycles. The van der Waals surface area contributed by atoms with Gasteiger partial charge in [0.25, 0.3) is 10.0 Å². The van der Waals surface area contributed by atoms with Gasteiger partial charge in [0.1, 0.15) is 4.21 Å². The molecule has 3 heterocycles. The summed E-state index contributed by atoms with van der Waals surface area (Å²) in [6, 6.07) is 2.22. The number of rotatable bonds is 2. The lowest BCUT2D eigenvalue weighted by Gasteiger charge is -2.24. The van der Waals surface area contributed by atoms with E-state index >= 15 is 0 Å². The van der Waals surface area contributed by atoms with Crippen molar-refractivity contribution in [2.75, 3.05) is 26.2 Å². The summed E-state index contributed by atoms with van der Waals surface area (Å²) in [5.74, 6) is 0. The highest BCUT2D eigenvalue weighted by Gasteiger charge is 2.35.